The molecule has 0 radical (unpaired) electrons. The lowest BCUT2D eigenvalue weighted by atomic mass is 10.3. The van der Waals surface area contributed by atoms with Gasteiger partial charge in [0, 0.05) is 6.20 Å². The van der Waals surface area contributed by atoms with Crippen LogP contribution >= 0.6 is 0 Å². The zero-order valence-corrected chi connectivity index (χ0v) is 6.23. The van der Waals surface area contributed by atoms with E-state index in [1.165, 1.54) is 0 Å². The summed E-state index contributed by atoms with van der Waals surface area (Å²) in [5, 5.41) is 20.5. The van der Waals surface area contributed by atoms with Crippen LogP contribution in [0.25, 0.3) is 0 Å². The average molecular weight is 161 g/mol. The predicted molar refractivity (Wildman–Crippen MR) is 44.7 cm³/mol. The van der Waals surface area contributed by atoms with Crippen molar-refractivity contribution in [1.82, 2.24) is 4.98 Å². The first kappa shape index (κ1) is 8.19. The van der Waals surface area contributed by atoms with Gasteiger partial charge in [-0.05, 0) is 12.1 Å². The van der Waals surface area contributed by atoms with Crippen LogP contribution in [0.4, 0.5) is 0 Å². The van der Waals surface area contributed by atoms with Gasteiger partial charge < -0.3 is 0 Å². The number of hydrogen-bond acceptors (Lipinski definition) is 3. The number of amidine groups is 1. The molecule has 0 saturated carbocycles. The summed E-state index contributed by atoms with van der Waals surface area (Å²) in [5.41, 5.74) is 0.447. The van der Waals surface area contributed by atoms with Crippen LogP contribution in [0.5, 0.6) is 0 Å². The molecule has 0 aliphatic rings. The van der Waals surface area contributed by atoms with Gasteiger partial charge in [0.25, 0.3) is 0 Å². The van der Waals surface area contributed by atoms with Gasteiger partial charge in [0.15, 0.2) is 5.84 Å². The molecule has 0 spiro atoms. The number of azo groups is 1. The van der Waals surface area contributed by atoms with Crippen molar-refractivity contribution in [1.29, 1.82) is 10.8 Å². The number of aromatic nitrogens is 1. The standard InChI is InChI=1S/C7H7N5/c8-5-11-12-7(9)6-3-1-2-4-10-6/h1-5,8-9H. The Kier molecular flexibility index (Phi) is 2.78. The second-order valence-corrected chi connectivity index (χ2v) is 1.91. The summed E-state index contributed by atoms with van der Waals surface area (Å²) >= 11 is 0. The van der Waals surface area contributed by atoms with Gasteiger partial charge in [-0.1, -0.05) is 6.07 Å². The minimum Gasteiger partial charge on any atom is -0.288 e. The summed E-state index contributed by atoms with van der Waals surface area (Å²) in [6.07, 6.45) is 2.35. The molecule has 1 aromatic rings. The van der Waals surface area contributed by atoms with E-state index in [1.54, 1.807) is 24.4 Å². The SMILES string of the molecule is N=CN=NC(=N)c1ccccn1. The molecular weight excluding hydrogens is 154 g/mol. The zero-order chi connectivity index (χ0) is 8.81. The summed E-state index contributed by atoms with van der Waals surface area (Å²) in [4.78, 5) is 3.88. The molecule has 1 aromatic heterocycles. The second-order valence-electron chi connectivity index (χ2n) is 1.91. The Hall–Kier alpha value is -1.91. The van der Waals surface area contributed by atoms with Crippen LogP contribution in [0.3, 0.4) is 0 Å². The first-order valence-corrected chi connectivity index (χ1v) is 3.24. The maximum absolute atomic E-state index is 7.31. The summed E-state index contributed by atoms with van der Waals surface area (Å²) in [6.45, 7) is 0. The molecule has 0 unspecified atom stereocenters. The van der Waals surface area contributed by atoms with E-state index in [9.17, 15) is 0 Å². The van der Waals surface area contributed by atoms with Crippen molar-refractivity contribution in [3.63, 3.8) is 0 Å². The Labute approximate surface area is 69.2 Å². The van der Waals surface area contributed by atoms with Gasteiger partial charge in [-0.15, -0.1) is 10.2 Å². The van der Waals surface area contributed by atoms with Crippen molar-refractivity contribution >= 4 is 12.2 Å². The summed E-state index contributed by atoms with van der Waals surface area (Å²) < 4.78 is 0. The molecule has 0 aliphatic carbocycles. The molecule has 0 aromatic carbocycles. The topological polar surface area (TPSA) is 85.3 Å². The highest BCUT2D eigenvalue weighted by Crippen LogP contribution is 1.95. The van der Waals surface area contributed by atoms with Crippen molar-refractivity contribution in [3.8, 4) is 0 Å². The van der Waals surface area contributed by atoms with Crippen LogP contribution in [0.1, 0.15) is 5.69 Å². The Morgan fingerprint density at radius 1 is 1.50 bits per heavy atom. The van der Waals surface area contributed by atoms with Crippen molar-refractivity contribution in [2.45, 2.75) is 0 Å². The zero-order valence-electron chi connectivity index (χ0n) is 6.23. The van der Waals surface area contributed by atoms with Crippen molar-refractivity contribution in [3.05, 3.63) is 30.1 Å². The first-order chi connectivity index (χ1) is 5.84. The molecule has 5 nitrogen and oxygen atoms in total. The Morgan fingerprint density at radius 2 is 2.33 bits per heavy atom. The van der Waals surface area contributed by atoms with Gasteiger partial charge in [0.2, 0.25) is 0 Å². The normalized spacial score (nSPS) is 10.0. The van der Waals surface area contributed by atoms with Crippen LogP contribution in [0.15, 0.2) is 34.6 Å². The predicted octanol–water partition coefficient (Wildman–Crippen LogP) is 1.47. The highest BCUT2D eigenvalue weighted by molar-refractivity contribution is 5.95. The van der Waals surface area contributed by atoms with Crippen molar-refractivity contribution < 1.29 is 0 Å². The number of nitrogens with zero attached hydrogens (tertiary/aromatic N) is 3. The van der Waals surface area contributed by atoms with Crippen molar-refractivity contribution in [2.75, 3.05) is 0 Å². The van der Waals surface area contributed by atoms with Crippen LogP contribution in [0, 0.1) is 10.8 Å². The molecule has 0 bridgehead atoms. The molecule has 0 saturated heterocycles. The molecule has 2 N–H and O–H groups in total. The third kappa shape index (κ3) is 2.05. The van der Waals surface area contributed by atoms with Gasteiger partial charge in [-0.2, -0.15) is 0 Å². The van der Waals surface area contributed by atoms with Crippen LogP contribution in [-0.4, -0.2) is 17.2 Å². The van der Waals surface area contributed by atoms with Gasteiger partial charge in [-0.3, -0.25) is 15.8 Å². The van der Waals surface area contributed by atoms with Gasteiger partial charge in [0.05, 0.1) is 0 Å². The van der Waals surface area contributed by atoms with E-state index in [0.717, 1.165) is 6.34 Å². The molecule has 5 heteroatoms. The number of hydrogen-bond donors (Lipinski definition) is 2. The van der Waals surface area contributed by atoms with Crippen LogP contribution in [-0.2, 0) is 0 Å². The summed E-state index contributed by atoms with van der Waals surface area (Å²) in [6, 6.07) is 5.17. The smallest absolute Gasteiger partial charge is 0.193 e. The van der Waals surface area contributed by atoms with E-state index in [4.69, 9.17) is 10.8 Å². The molecule has 12 heavy (non-hydrogen) atoms. The van der Waals surface area contributed by atoms with E-state index in [-0.39, 0.29) is 5.84 Å². The third-order valence-electron chi connectivity index (χ3n) is 1.12. The fourth-order valence-electron chi connectivity index (χ4n) is 0.641. The van der Waals surface area contributed by atoms with Crippen molar-refractivity contribution in [2.24, 2.45) is 10.2 Å². The van der Waals surface area contributed by atoms with E-state index < -0.39 is 0 Å². The molecule has 1 rings (SSSR count). The lowest BCUT2D eigenvalue weighted by Gasteiger charge is -1.92. The maximum Gasteiger partial charge on any atom is 0.193 e. The summed E-state index contributed by atoms with van der Waals surface area (Å²) in [7, 11) is 0. The molecule has 60 valence electrons. The minimum atomic E-state index is -0.0425. The largest absolute Gasteiger partial charge is 0.288 e. The van der Waals surface area contributed by atoms with Crippen LogP contribution < -0.4 is 0 Å². The van der Waals surface area contributed by atoms with E-state index in [2.05, 4.69) is 15.2 Å². The molecule has 0 fully saturated rings. The van der Waals surface area contributed by atoms with Gasteiger partial charge >= 0.3 is 0 Å². The van der Waals surface area contributed by atoms with Gasteiger partial charge in [0.1, 0.15) is 12.0 Å². The lowest BCUT2D eigenvalue weighted by Crippen LogP contribution is -1.96. The Bertz CT molecular complexity index is 303. The maximum atomic E-state index is 7.31. The molecule has 0 atom stereocenters. The Morgan fingerprint density at radius 3 is 2.92 bits per heavy atom. The average Bonchev–Trinajstić information content (AvgIpc) is 2.15. The monoisotopic (exact) mass is 161 g/mol. The minimum absolute atomic E-state index is 0.0425. The number of rotatable bonds is 2. The quantitative estimate of drug-likeness (QED) is 0.384. The number of nitrogens with one attached hydrogen (secondary N) is 2. The highest BCUT2D eigenvalue weighted by atomic mass is 15.1. The van der Waals surface area contributed by atoms with E-state index in [0.29, 0.717) is 5.69 Å². The van der Waals surface area contributed by atoms with E-state index >= 15 is 0 Å². The highest BCUT2D eigenvalue weighted by Gasteiger charge is 1.97. The van der Waals surface area contributed by atoms with Gasteiger partial charge in [-0.25, -0.2) is 0 Å². The molecular formula is C7H7N5. The molecule has 0 amide bonds. The fourth-order valence-corrected chi connectivity index (χ4v) is 0.641. The van der Waals surface area contributed by atoms with E-state index in [1.807, 2.05) is 0 Å². The van der Waals surface area contributed by atoms with Crippen LogP contribution in [0.2, 0.25) is 0 Å². The number of pyridine rings is 1. The molecule has 0 aliphatic heterocycles. The Balaban J connectivity index is 2.79. The second kappa shape index (κ2) is 4.07. The first-order valence-electron chi connectivity index (χ1n) is 3.24. The molecule has 1 heterocycles. The fraction of sp³-hybridized carbons (Fsp3) is 0. The third-order valence-corrected chi connectivity index (χ3v) is 1.12. The summed E-state index contributed by atoms with van der Waals surface area (Å²) in [5.74, 6) is -0.0425. The lowest BCUT2D eigenvalue weighted by molar-refractivity contribution is 1.21.